The number of thiophene rings is 1. The fraction of sp³-hybridized carbons (Fsp3) is 0.474. The Morgan fingerprint density at radius 3 is 2.37 bits per heavy atom. The molecule has 1 N–H and O–H groups in total. The second-order valence-electron chi connectivity index (χ2n) is 6.50. The largest absolute Gasteiger partial charge is 0.462 e. The molecule has 3 rings (SSSR count). The summed E-state index contributed by atoms with van der Waals surface area (Å²) in [6.45, 7) is 3.55. The molecule has 1 aromatic rings. The van der Waals surface area contributed by atoms with E-state index in [1.165, 1.54) is 11.3 Å². The minimum atomic E-state index is -0.505. The van der Waals surface area contributed by atoms with Crippen molar-refractivity contribution < 1.29 is 23.9 Å². The van der Waals surface area contributed by atoms with E-state index < -0.39 is 11.9 Å². The van der Waals surface area contributed by atoms with Crippen molar-refractivity contribution >= 4 is 40.0 Å². The van der Waals surface area contributed by atoms with Gasteiger partial charge in [-0.2, -0.15) is 0 Å². The first-order valence-corrected chi connectivity index (χ1v) is 9.87. The Morgan fingerprint density at radius 2 is 1.81 bits per heavy atom. The third-order valence-electron chi connectivity index (χ3n) is 4.78. The molecular weight excluding hydrogens is 368 g/mol. The number of carbonyl (C=O) groups is 4. The highest BCUT2D eigenvalue weighted by atomic mass is 32.1. The van der Waals surface area contributed by atoms with Gasteiger partial charge in [0.2, 0.25) is 17.7 Å². The molecule has 0 unspecified atom stereocenters. The van der Waals surface area contributed by atoms with Gasteiger partial charge in [-0.3, -0.25) is 19.3 Å². The van der Waals surface area contributed by atoms with Crippen LogP contribution in [0, 0.1) is 11.8 Å². The topological polar surface area (TPSA) is 92.8 Å². The summed E-state index contributed by atoms with van der Waals surface area (Å²) in [6.07, 6.45) is 5.58. The van der Waals surface area contributed by atoms with E-state index in [-0.39, 0.29) is 36.8 Å². The number of allylic oxidation sites excluding steroid dienone is 2. The van der Waals surface area contributed by atoms with E-state index in [1.807, 2.05) is 19.1 Å². The van der Waals surface area contributed by atoms with E-state index in [2.05, 4.69) is 5.32 Å². The van der Waals surface area contributed by atoms with Crippen LogP contribution < -0.4 is 5.32 Å². The van der Waals surface area contributed by atoms with Gasteiger partial charge in [-0.15, -0.1) is 11.3 Å². The molecule has 144 valence electrons. The third kappa shape index (κ3) is 3.80. The van der Waals surface area contributed by atoms with E-state index in [4.69, 9.17) is 4.74 Å². The van der Waals surface area contributed by atoms with Gasteiger partial charge in [0.25, 0.3) is 0 Å². The number of rotatable bonds is 6. The lowest BCUT2D eigenvalue weighted by molar-refractivity contribution is -0.142. The quantitative estimate of drug-likeness (QED) is 0.457. The Morgan fingerprint density at radius 1 is 1.19 bits per heavy atom. The van der Waals surface area contributed by atoms with Gasteiger partial charge >= 0.3 is 5.97 Å². The number of likely N-dealkylation sites (tertiary alicyclic amines) is 1. The Bertz CT molecular complexity index is 787. The zero-order chi connectivity index (χ0) is 19.6. The van der Waals surface area contributed by atoms with Gasteiger partial charge in [-0.1, -0.05) is 19.1 Å². The molecule has 2 aliphatic rings. The molecule has 0 saturated carbocycles. The van der Waals surface area contributed by atoms with Crippen molar-refractivity contribution in [2.24, 2.45) is 11.8 Å². The maximum Gasteiger partial charge on any atom is 0.341 e. The second kappa shape index (κ2) is 8.04. The number of hydrogen-bond donors (Lipinski definition) is 1. The molecule has 27 heavy (non-hydrogen) atoms. The molecule has 2 heterocycles. The molecule has 1 aliphatic heterocycles. The van der Waals surface area contributed by atoms with Crippen molar-refractivity contribution in [1.82, 2.24) is 4.90 Å². The molecular formula is C19H22N2O5S. The number of fused-ring (bicyclic) bond motifs is 1. The standard InChI is InChI=1S/C19H22N2O5S/c1-3-11-9-14(19(25)26-4-2)16(27-11)20-15(22)10-21-17(23)12-7-5-6-8-13(12)18(21)24/h5-6,9,12-13H,3-4,7-8,10H2,1-2H3,(H,20,22)/t12-,13-/m1/s1. The number of carbonyl (C=O) groups excluding carboxylic acids is 4. The zero-order valence-electron chi connectivity index (χ0n) is 15.3. The maximum absolute atomic E-state index is 12.5. The average Bonchev–Trinajstić information content (AvgIpc) is 3.17. The fourth-order valence-electron chi connectivity index (χ4n) is 3.40. The van der Waals surface area contributed by atoms with E-state index >= 15 is 0 Å². The lowest BCUT2D eigenvalue weighted by atomic mass is 9.85. The number of ether oxygens (including phenoxy) is 1. The Labute approximate surface area is 161 Å². The first-order valence-electron chi connectivity index (χ1n) is 9.06. The molecule has 1 aromatic heterocycles. The average molecular weight is 390 g/mol. The first kappa shape index (κ1) is 19.3. The molecule has 0 spiro atoms. The SMILES string of the molecule is CCOC(=O)c1cc(CC)sc1NC(=O)CN1C(=O)[C@@H]2CC=CC[C@H]2C1=O. The summed E-state index contributed by atoms with van der Waals surface area (Å²) in [7, 11) is 0. The van der Waals surface area contributed by atoms with Crippen LogP contribution in [0.15, 0.2) is 18.2 Å². The lowest BCUT2D eigenvalue weighted by Crippen LogP contribution is -2.38. The Kier molecular flexibility index (Phi) is 5.74. The van der Waals surface area contributed by atoms with Crippen LogP contribution in [0.2, 0.25) is 0 Å². The number of nitrogens with zero attached hydrogens (tertiary/aromatic N) is 1. The van der Waals surface area contributed by atoms with E-state index in [1.54, 1.807) is 13.0 Å². The summed E-state index contributed by atoms with van der Waals surface area (Å²) in [5.41, 5.74) is 0.295. The summed E-state index contributed by atoms with van der Waals surface area (Å²) < 4.78 is 5.03. The van der Waals surface area contributed by atoms with Gasteiger partial charge in [-0.25, -0.2) is 4.79 Å². The molecule has 1 saturated heterocycles. The normalized spacial score (nSPS) is 21.3. The highest BCUT2D eigenvalue weighted by Crippen LogP contribution is 2.35. The van der Waals surface area contributed by atoms with Crippen molar-refractivity contribution in [3.05, 3.63) is 28.7 Å². The van der Waals surface area contributed by atoms with Gasteiger partial charge < -0.3 is 10.1 Å². The number of esters is 1. The van der Waals surface area contributed by atoms with Gasteiger partial charge in [0, 0.05) is 4.88 Å². The molecule has 3 amide bonds. The van der Waals surface area contributed by atoms with Crippen LogP contribution in [0.25, 0.3) is 0 Å². The van der Waals surface area contributed by atoms with Gasteiger partial charge in [-0.05, 0) is 32.3 Å². The maximum atomic E-state index is 12.5. The van der Waals surface area contributed by atoms with Crippen LogP contribution in [0.5, 0.6) is 0 Å². The van der Waals surface area contributed by atoms with Crippen molar-refractivity contribution in [3.8, 4) is 0 Å². The molecule has 8 heteroatoms. The molecule has 7 nitrogen and oxygen atoms in total. The van der Waals surface area contributed by atoms with Crippen molar-refractivity contribution in [2.75, 3.05) is 18.5 Å². The smallest absolute Gasteiger partial charge is 0.341 e. The van der Waals surface area contributed by atoms with Crippen LogP contribution >= 0.6 is 11.3 Å². The van der Waals surface area contributed by atoms with Crippen LogP contribution in [-0.2, 0) is 25.5 Å². The van der Waals surface area contributed by atoms with Gasteiger partial charge in [0.15, 0.2) is 0 Å². The summed E-state index contributed by atoms with van der Waals surface area (Å²) >= 11 is 1.29. The molecule has 0 bridgehead atoms. The monoisotopic (exact) mass is 390 g/mol. The molecule has 2 atom stereocenters. The summed E-state index contributed by atoms with van der Waals surface area (Å²) in [5.74, 6) is -2.32. The highest BCUT2D eigenvalue weighted by Gasteiger charge is 2.47. The summed E-state index contributed by atoms with van der Waals surface area (Å²) in [6, 6.07) is 1.70. The zero-order valence-corrected chi connectivity index (χ0v) is 16.1. The Balaban J connectivity index is 1.71. The van der Waals surface area contributed by atoms with Crippen LogP contribution in [0.1, 0.15) is 41.9 Å². The first-order chi connectivity index (χ1) is 13.0. The number of imide groups is 1. The van der Waals surface area contributed by atoms with Crippen molar-refractivity contribution in [2.45, 2.75) is 33.1 Å². The minimum absolute atomic E-state index is 0.233. The van der Waals surface area contributed by atoms with Crippen LogP contribution in [0.3, 0.4) is 0 Å². The van der Waals surface area contributed by atoms with Gasteiger partial charge in [0.1, 0.15) is 11.5 Å². The molecule has 0 radical (unpaired) electrons. The molecule has 1 aliphatic carbocycles. The predicted molar refractivity (Wildman–Crippen MR) is 100 cm³/mol. The highest BCUT2D eigenvalue weighted by molar-refractivity contribution is 7.16. The molecule has 1 fully saturated rings. The Hall–Kier alpha value is -2.48. The van der Waals surface area contributed by atoms with E-state index in [0.717, 1.165) is 9.78 Å². The number of amides is 3. The van der Waals surface area contributed by atoms with Crippen LogP contribution in [0.4, 0.5) is 5.00 Å². The summed E-state index contributed by atoms with van der Waals surface area (Å²) in [5, 5.41) is 3.05. The summed E-state index contributed by atoms with van der Waals surface area (Å²) in [4.78, 5) is 51.5. The third-order valence-corrected chi connectivity index (χ3v) is 5.98. The number of aryl methyl sites for hydroxylation is 1. The number of anilines is 1. The minimum Gasteiger partial charge on any atom is -0.462 e. The van der Waals surface area contributed by atoms with Crippen molar-refractivity contribution in [3.63, 3.8) is 0 Å². The van der Waals surface area contributed by atoms with Crippen molar-refractivity contribution in [1.29, 1.82) is 0 Å². The van der Waals surface area contributed by atoms with E-state index in [9.17, 15) is 19.2 Å². The predicted octanol–water partition coefficient (Wildman–Crippen LogP) is 2.38. The second-order valence-corrected chi connectivity index (χ2v) is 7.63. The van der Waals surface area contributed by atoms with E-state index in [0.29, 0.717) is 29.8 Å². The fourth-order valence-corrected chi connectivity index (χ4v) is 4.40. The molecule has 0 aromatic carbocycles. The van der Waals surface area contributed by atoms with Gasteiger partial charge in [0.05, 0.1) is 24.0 Å². The lowest BCUT2D eigenvalue weighted by Gasteiger charge is -2.14. The number of nitrogens with one attached hydrogen (secondary N) is 1. The number of hydrogen-bond acceptors (Lipinski definition) is 6. The van der Waals surface area contributed by atoms with Crippen LogP contribution in [-0.4, -0.2) is 41.7 Å².